The van der Waals surface area contributed by atoms with E-state index in [1.807, 2.05) is 0 Å². The summed E-state index contributed by atoms with van der Waals surface area (Å²) < 4.78 is 142. The van der Waals surface area contributed by atoms with Crippen LogP contribution in [0.3, 0.4) is 0 Å². The first-order valence-electron chi connectivity index (χ1n) is 4.18. The second kappa shape index (κ2) is 12.5. The molecule has 1 atom stereocenters. The van der Waals surface area contributed by atoms with Gasteiger partial charge in [-0.05, 0) is 4.53 Å². The molecule has 0 fully saturated rings. The minimum absolute atomic E-state index is 0. The van der Waals surface area contributed by atoms with Crippen molar-refractivity contribution in [2.24, 2.45) is 0 Å². The molecule has 1 unspecified atom stereocenters. The Morgan fingerprint density at radius 3 is 0.957 bits per heavy atom. The molecule has 23 heavy (non-hydrogen) atoms. The van der Waals surface area contributed by atoms with E-state index in [4.69, 9.17) is 0 Å². The zero-order valence-electron chi connectivity index (χ0n) is 9.74. The maximum absolute atomic E-state index is 11.7. The fourth-order valence-electron chi connectivity index (χ4n) is 0.216. The Hall–Kier alpha value is -0.950. The van der Waals surface area contributed by atoms with Crippen LogP contribution in [-0.2, 0) is 4.94 Å². The highest BCUT2D eigenvalue weighted by atomic mass is 19.4. The highest BCUT2D eigenvalue weighted by Gasteiger charge is 2.60. The Morgan fingerprint density at radius 2 is 0.957 bits per heavy atom. The van der Waals surface area contributed by atoms with E-state index in [0.29, 0.717) is 7.18 Å². The molecule has 14 heteroatoms. The van der Waals surface area contributed by atoms with Gasteiger partial charge in [-0.25, -0.2) is 8.78 Å². The standard InChI is InChI=1S/C3H2F6O.C3H2F6.CH3F.2CH4/c4-1-2(5,10-9)3(6,7)8;4-1-2(5,6)3(7,8)9;1-2;;/h1H2;1H2;1H3;2*1H4. The summed E-state index contributed by atoms with van der Waals surface area (Å²) in [4.78, 5) is 1.78. The summed E-state index contributed by atoms with van der Waals surface area (Å²) in [5.41, 5.74) is 0. The first-order valence-corrected chi connectivity index (χ1v) is 4.18. The molecular formula is C9H15F13O. The third kappa shape index (κ3) is 11.3. The fraction of sp³-hybridized carbons (Fsp3) is 1.00. The quantitative estimate of drug-likeness (QED) is 0.533. The van der Waals surface area contributed by atoms with E-state index in [-0.39, 0.29) is 14.9 Å². The van der Waals surface area contributed by atoms with Gasteiger partial charge in [0.25, 0.3) is 0 Å². The second-order valence-corrected chi connectivity index (χ2v) is 2.77. The molecule has 0 bridgehead atoms. The minimum atomic E-state index is -5.76. The molecule has 0 aromatic heterocycles. The molecule has 0 aliphatic rings. The molecule has 0 aliphatic carbocycles. The third-order valence-corrected chi connectivity index (χ3v) is 1.30. The van der Waals surface area contributed by atoms with E-state index in [2.05, 4.69) is 0 Å². The maximum atomic E-state index is 11.7. The number of hydrogen-bond donors (Lipinski definition) is 0. The minimum Gasteiger partial charge on any atom is -0.255 e. The van der Waals surface area contributed by atoms with E-state index < -0.39 is 37.5 Å². The van der Waals surface area contributed by atoms with Crippen LogP contribution in [0.2, 0.25) is 0 Å². The van der Waals surface area contributed by atoms with Gasteiger partial charge in [-0.3, -0.25) is 4.39 Å². The van der Waals surface area contributed by atoms with Gasteiger partial charge in [0.1, 0.15) is 0 Å². The third-order valence-electron chi connectivity index (χ3n) is 1.30. The average molecular weight is 386 g/mol. The van der Waals surface area contributed by atoms with E-state index in [0.717, 1.165) is 0 Å². The molecule has 0 aromatic carbocycles. The molecular weight excluding hydrogens is 371 g/mol. The Bertz CT molecular complexity index is 255. The molecule has 0 heterocycles. The molecule has 0 N–H and O–H groups in total. The number of rotatable bonds is 3. The molecule has 0 spiro atoms. The van der Waals surface area contributed by atoms with E-state index in [1.54, 1.807) is 4.94 Å². The smallest absolute Gasteiger partial charge is 0.255 e. The molecule has 148 valence electrons. The van der Waals surface area contributed by atoms with Crippen molar-refractivity contribution in [3.63, 3.8) is 0 Å². The summed E-state index contributed by atoms with van der Waals surface area (Å²) in [5, 5.41) is 0. The van der Waals surface area contributed by atoms with Crippen LogP contribution >= 0.6 is 0 Å². The normalized spacial score (nSPS) is 13.8. The lowest BCUT2D eigenvalue weighted by Gasteiger charge is -2.18. The summed E-state index contributed by atoms with van der Waals surface area (Å²) in [6, 6.07) is 0. The highest BCUT2D eigenvalue weighted by Crippen LogP contribution is 2.36. The van der Waals surface area contributed by atoms with Crippen LogP contribution in [0.25, 0.3) is 0 Å². The molecule has 0 amide bonds. The van der Waals surface area contributed by atoms with Crippen LogP contribution in [0.4, 0.5) is 57.2 Å². The number of alkyl halides is 12. The van der Waals surface area contributed by atoms with Crippen LogP contribution in [-0.4, -0.2) is 44.7 Å². The van der Waals surface area contributed by atoms with Crippen LogP contribution in [0.1, 0.15) is 14.9 Å². The summed E-state index contributed by atoms with van der Waals surface area (Å²) >= 11 is 0. The Morgan fingerprint density at radius 1 is 0.652 bits per heavy atom. The van der Waals surface area contributed by atoms with Crippen molar-refractivity contribution in [2.45, 2.75) is 39.0 Å². The van der Waals surface area contributed by atoms with Gasteiger partial charge < -0.3 is 0 Å². The molecule has 0 aromatic rings. The predicted molar refractivity (Wildman–Crippen MR) is 55.5 cm³/mol. The van der Waals surface area contributed by atoms with Gasteiger partial charge in [0.05, 0.1) is 7.18 Å². The summed E-state index contributed by atoms with van der Waals surface area (Å²) in [5.74, 6) is -10.0. The lowest BCUT2D eigenvalue weighted by Crippen LogP contribution is -2.43. The van der Waals surface area contributed by atoms with Gasteiger partial charge >= 0.3 is 24.1 Å². The van der Waals surface area contributed by atoms with Crippen molar-refractivity contribution in [3.8, 4) is 0 Å². The van der Waals surface area contributed by atoms with Gasteiger partial charge in [-0.1, -0.05) is 14.9 Å². The maximum Gasteiger partial charge on any atom is 0.456 e. The number of hydrogen-bond acceptors (Lipinski definition) is 1. The van der Waals surface area contributed by atoms with Crippen molar-refractivity contribution >= 4 is 0 Å². The van der Waals surface area contributed by atoms with Crippen LogP contribution in [0.15, 0.2) is 0 Å². The second-order valence-electron chi connectivity index (χ2n) is 2.77. The zero-order chi connectivity index (χ0) is 18.1. The highest BCUT2D eigenvalue weighted by molar-refractivity contribution is 4.74. The number of halogens is 13. The largest absolute Gasteiger partial charge is 0.456 e. The van der Waals surface area contributed by atoms with E-state index in [9.17, 15) is 57.2 Å². The Kier molecular flexibility index (Phi) is 18.2. The van der Waals surface area contributed by atoms with Crippen LogP contribution in [0, 0.1) is 0 Å². The summed E-state index contributed by atoms with van der Waals surface area (Å²) in [6.45, 7) is -5.30. The average Bonchev–Trinajstić information content (AvgIpc) is 2.38. The lowest BCUT2D eigenvalue weighted by molar-refractivity contribution is -0.404. The van der Waals surface area contributed by atoms with E-state index in [1.165, 1.54) is 0 Å². The Balaban J connectivity index is -0.0000000787. The van der Waals surface area contributed by atoms with Crippen LogP contribution < -0.4 is 0 Å². The van der Waals surface area contributed by atoms with Gasteiger partial charge in [0.2, 0.25) is 0 Å². The van der Waals surface area contributed by atoms with Gasteiger partial charge in [-0.2, -0.15) is 39.5 Å². The fourth-order valence-corrected chi connectivity index (χ4v) is 0.216. The Labute approximate surface area is 123 Å². The van der Waals surface area contributed by atoms with Crippen molar-refractivity contribution < 1.29 is 62.2 Å². The molecule has 0 saturated carbocycles. The molecule has 0 radical (unpaired) electrons. The van der Waals surface area contributed by atoms with Gasteiger partial charge in [-0.15, -0.1) is 4.94 Å². The van der Waals surface area contributed by atoms with Crippen LogP contribution in [0.5, 0.6) is 0 Å². The summed E-state index contributed by atoms with van der Waals surface area (Å²) in [7, 11) is 0.500. The van der Waals surface area contributed by atoms with E-state index >= 15 is 0 Å². The van der Waals surface area contributed by atoms with Gasteiger partial charge in [0, 0.05) is 0 Å². The monoisotopic (exact) mass is 386 g/mol. The SMILES string of the molecule is C.C.CF.FCC(F)(F)C(F)(F)F.FCC(F)(OF)C(F)(F)F. The summed E-state index contributed by atoms with van der Waals surface area (Å²) in [6.07, 6.45) is -11.4. The zero-order valence-corrected chi connectivity index (χ0v) is 9.74. The molecule has 0 saturated heterocycles. The first-order chi connectivity index (χ1) is 9.18. The van der Waals surface area contributed by atoms with Crippen molar-refractivity contribution in [3.05, 3.63) is 0 Å². The van der Waals surface area contributed by atoms with Gasteiger partial charge in [0.15, 0.2) is 13.3 Å². The molecule has 1 nitrogen and oxygen atoms in total. The molecule has 0 aliphatic heterocycles. The lowest BCUT2D eigenvalue weighted by atomic mass is 10.3. The topological polar surface area (TPSA) is 9.23 Å². The predicted octanol–water partition coefficient (Wildman–Crippen LogP) is 6.10. The van der Waals surface area contributed by atoms with Crippen molar-refractivity contribution in [1.29, 1.82) is 0 Å². The van der Waals surface area contributed by atoms with Crippen molar-refractivity contribution in [1.82, 2.24) is 0 Å². The van der Waals surface area contributed by atoms with Crippen molar-refractivity contribution in [2.75, 3.05) is 20.5 Å². The first kappa shape index (κ1) is 33.6. The molecule has 0 rings (SSSR count).